The summed E-state index contributed by atoms with van der Waals surface area (Å²) in [6.45, 7) is 0. The van der Waals surface area contributed by atoms with Crippen LogP contribution in [0, 0.1) is 10.1 Å². The first-order chi connectivity index (χ1) is 16.2. The predicted molar refractivity (Wildman–Crippen MR) is 130 cm³/mol. The van der Waals surface area contributed by atoms with E-state index in [4.69, 9.17) is 16.3 Å². The molecule has 0 aliphatic rings. The molecule has 0 aromatic heterocycles. The van der Waals surface area contributed by atoms with Crippen LogP contribution in [0.3, 0.4) is 0 Å². The van der Waals surface area contributed by atoms with Crippen molar-refractivity contribution >= 4 is 56.6 Å². The Hall–Kier alpha value is -3.56. The quantitative estimate of drug-likeness (QED) is 0.155. The molecule has 3 aromatic carbocycles. The van der Waals surface area contributed by atoms with E-state index in [1.54, 1.807) is 54.6 Å². The molecule has 1 atom stereocenters. The van der Waals surface area contributed by atoms with Crippen molar-refractivity contribution in [1.82, 2.24) is 0 Å². The Labute approximate surface area is 208 Å². The minimum atomic E-state index is -1.29. The number of rotatable bonds is 9. The highest BCUT2D eigenvalue weighted by atomic mass is 79.9. The van der Waals surface area contributed by atoms with Gasteiger partial charge in [0, 0.05) is 39.2 Å². The number of Topliss-reactive ketones (excluding diaryl/α,β-unsaturated/α-hetero) is 1. The van der Waals surface area contributed by atoms with Crippen LogP contribution in [0.4, 0.5) is 11.4 Å². The van der Waals surface area contributed by atoms with E-state index in [0.29, 0.717) is 20.6 Å². The second-order valence-electron chi connectivity index (χ2n) is 7.12. The molecule has 8 nitrogen and oxygen atoms in total. The van der Waals surface area contributed by atoms with Crippen molar-refractivity contribution in [2.45, 2.75) is 18.9 Å². The van der Waals surface area contributed by atoms with E-state index in [1.165, 1.54) is 18.2 Å². The van der Waals surface area contributed by atoms with Gasteiger partial charge in [-0.15, -0.1) is 0 Å². The maximum absolute atomic E-state index is 13.0. The predicted octanol–water partition coefficient (Wildman–Crippen LogP) is 5.90. The lowest BCUT2D eigenvalue weighted by Crippen LogP contribution is -2.26. The Morgan fingerprint density at radius 1 is 1.00 bits per heavy atom. The Balaban J connectivity index is 1.70. The molecule has 0 heterocycles. The van der Waals surface area contributed by atoms with Crippen molar-refractivity contribution in [3.05, 3.63) is 104 Å². The Bertz CT molecular complexity index is 1220. The zero-order valence-corrected chi connectivity index (χ0v) is 19.9. The second kappa shape index (κ2) is 11.5. The lowest BCUT2D eigenvalue weighted by atomic mass is 10.1. The van der Waals surface area contributed by atoms with Crippen LogP contribution in [0.2, 0.25) is 5.02 Å². The van der Waals surface area contributed by atoms with Crippen LogP contribution >= 0.6 is 27.5 Å². The normalized spacial score (nSPS) is 11.4. The molecule has 0 aliphatic carbocycles. The fourth-order valence-corrected chi connectivity index (χ4v) is 3.60. The van der Waals surface area contributed by atoms with Crippen molar-refractivity contribution < 1.29 is 24.0 Å². The minimum Gasteiger partial charge on any atom is -0.447 e. The number of ether oxygens (including phenoxy) is 1. The van der Waals surface area contributed by atoms with Gasteiger partial charge in [-0.2, -0.15) is 0 Å². The summed E-state index contributed by atoms with van der Waals surface area (Å²) >= 11 is 9.02. The molecular formula is C24H18BrClN2O6. The third kappa shape index (κ3) is 6.72. The number of carbonyl (C=O) groups excluding carboxylic acids is 3. The third-order valence-corrected chi connectivity index (χ3v) is 5.64. The summed E-state index contributed by atoms with van der Waals surface area (Å²) in [5.41, 5.74) is 0.958. The van der Waals surface area contributed by atoms with Gasteiger partial charge in [-0.25, -0.2) is 0 Å². The van der Waals surface area contributed by atoms with Crippen molar-refractivity contribution in [3.8, 4) is 0 Å². The molecule has 0 bridgehead atoms. The van der Waals surface area contributed by atoms with Gasteiger partial charge in [-0.3, -0.25) is 24.5 Å². The van der Waals surface area contributed by atoms with E-state index in [9.17, 15) is 24.5 Å². The van der Waals surface area contributed by atoms with Gasteiger partial charge in [0.2, 0.25) is 6.10 Å². The number of ketones is 1. The van der Waals surface area contributed by atoms with Gasteiger partial charge in [0.05, 0.1) is 17.0 Å². The SMILES string of the molecule is O=C(CCC(=O)c1ccc(Cl)cc1)O[C@H](C(=O)Nc1ccc([N+](=O)[O-])cc1Br)c1ccccc1. The van der Waals surface area contributed by atoms with Gasteiger partial charge in [0.1, 0.15) is 0 Å². The van der Waals surface area contributed by atoms with Crippen LogP contribution in [0.15, 0.2) is 77.3 Å². The number of anilines is 1. The van der Waals surface area contributed by atoms with E-state index in [2.05, 4.69) is 21.2 Å². The van der Waals surface area contributed by atoms with Crippen molar-refractivity contribution in [2.24, 2.45) is 0 Å². The van der Waals surface area contributed by atoms with E-state index in [-0.39, 0.29) is 30.0 Å². The number of esters is 1. The van der Waals surface area contributed by atoms with Gasteiger partial charge < -0.3 is 10.1 Å². The molecule has 34 heavy (non-hydrogen) atoms. The van der Waals surface area contributed by atoms with E-state index in [1.807, 2.05) is 0 Å². The van der Waals surface area contributed by atoms with Crippen LogP contribution in [0.25, 0.3) is 0 Å². The standard InChI is InChI=1S/C24H18BrClN2O6/c25-19-14-18(28(32)33)10-11-20(19)27-24(31)23(16-4-2-1-3-5-16)34-22(30)13-12-21(29)15-6-8-17(26)9-7-15/h1-11,14,23H,12-13H2,(H,27,31)/t23-/m0/s1. The average molecular weight is 546 g/mol. The van der Waals surface area contributed by atoms with Gasteiger partial charge in [0.15, 0.2) is 5.78 Å². The van der Waals surface area contributed by atoms with Crippen molar-refractivity contribution in [1.29, 1.82) is 0 Å². The molecule has 0 fully saturated rings. The number of nitro benzene ring substituents is 1. The lowest BCUT2D eigenvalue weighted by molar-refractivity contribution is -0.384. The highest BCUT2D eigenvalue weighted by molar-refractivity contribution is 9.10. The highest BCUT2D eigenvalue weighted by Crippen LogP contribution is 2.29. The molecule has 174 valence electrons. The molecule has 0 radical (unpaired) electrons. The van der Waals surface area contributed by atoms with Crippen molar-refractivity contribution in [2.75, 3.05) is 5.32 Å². The minimum absolute atomic E-state index is 0.0997. The van der Waals surface area contributed by atoms with Gasteiger partial charge >= 0.3 is 5.97 Å². The van der Waals surface area contributed by atoms with Gasteiger partial charge in [0.25, 0.3) is 11.6 Å². The van der Waals surface area contributed by atoms with Crippen LogP contribution in [0.1, 0.15) is 34.9 Å². The number of halogens is 2. The molecule has 1 amide bonds. The van der Waals surface area contributed by atoms with E-state index in [0.717, 1.165) is 0 Å². The number of non-ortho nitro benzene ring substituents is 1. The number of nitrogens with zero attached hydrogens (tertiary/aromatic N) is 1. The molecule has 3 rings (SSSR count). The summed E-state index contributed by atoms with van der Waals surface area (Å²) in [5.74, 6) is -1.64. The van der Waals surface area contributed by atoms with Gasteiger partial charge in [-0.1, -0.05) is 41.9 Å². The fourth-order valence-electron chi connectivity index (χ4n) is 3.00. The van der Waals surface area contributed by atoms with E-state index < -0.39 is 22.9 Å². The number of nitrogens with one attached hydrogen (secondary N) is 1. The first-order valence-electron chi connectivity index (χ1n) is 10.0. The zero-order chi connectivity index (χ0) is 24.7. The Morgan fingerprint density at radius 3 is 2.29 bits per heavy atom. The van der Waals surface area contributed by atoms with Crippen LogP contribution < -0.4 is 5.32 Å². The molecule has 0 saturated carbocycles. The number of carbonyl (C=O) groups is 3. The smallest absolute Gasteiger partial charge is 0.307 e. The fraction of sp³-hybridized carbons (Fsp3) is 0.125. The zero-order valence-electron chi connectivity index (χ0n) is 17.6. The van der Waals surface area contributed by atoms with Crippen LogP contribution in [-0.4, -0.2) is 22.6 Å². The number of amides is 1. The molecule has 3 aromatic rings. The highest BCUT2D eigenvalue weighted by Gasteiger charge is 2.26. The molecule has 0 saturated heterocycles. The monoisotopic (exact) mass is 544 g/mol. The molecule has 0 spiro atoms. The number of benzene rings is 3. The first-order valence-corrected chi connectivity index (χ1v) is 11.2. The lowest BCUT2D eigenvalue weighted by Gasteiger charge is -2.18. The Kier molecular flexibility index (Phi) is 8.50. The molecule has 0 aliphatic heterocycles. The van der Waals surface area contributed by atoms with Gasteiger partial charge in [-0.05, 0) is 46.3 Å². The summed E-state index contributed by atoms with van der Waals surface area (Å²) in [7, 11) is 0. The maximum atomic E-state index is 13.0. The first kappa shape index (κ1) is 25.1. The summed E-state index contributed by atoms with van der Waals surface area (Å²) < 4.78 is 5.72. The molecular weight excluding hydrogens is 528 g/mol. The largest absolute Gasteiger partial charge is 0.447 e. The summed E-state index contributed by atoms with van der Waals surface area (Å²) in [5, 5.41) is 14.0. The summed E-state index contributed by atoms with van der Waals surface area (Å²) in [6, 6.07) is 18.5. The maximum Gasteiger partial charge on any atom is 0.307 e. The Morgan fingerprint density at radius 2 is 1.68 bits per heavy atom. The molecule has 0 unspecified atom stereocenters. The summed E-state index contributed by atoms with van der Waals surface area (Å²) in [4.78, 5) is 48.2. The number of hydrogen-bond acceptors (Lipinski definition) is 6. The van der Waals surface area contributed by atoms with Crippen LogP contribution in [-0.2, 0) is 14.3 Å². The molecule has 10 heteroatoms. The van der Waals surface area contributed by atoms with E-state index >= 15 is 0 Å². The second-order valence-corrected chi connectivity index (χ2v) is 8.41. The number of nitro groups is 1. The summed E-state index contributed by atoms with van der Waals surface area (Å²) in [6.07, 6.45) is -1.61. The third-order valence-electron chi connectivity index (χ3n) is 4.73. The topological polar surface area (TPSA) is 116 Å². The van der Waals surface area contributed by atoms with Crippen LogP contribution in [0.5, 0.6) is 0 Å². The number of hydrogen-bond donors (Lipinski definition) is 1. The average Bonchev–Trinajstić information content (AvgIpc) is 2.83. The molecule has 1 N–H and O–H groups in total. The van der Waals surface area contributed by atoms with Crippen molar-refractivity contribution in [3.63, 3.8) is 0 Å².